The molecule has 0 atom stereocenters. The maximum atomic E-state index is 12.2. The van der Waals surface area contributed by atoms with Gasteiger partial charge in [-0.15, -0.1) is 0 Å². The van der Waals surface area contributed by atoms with Gasteiger partial charge < -0.3 is 10.2 Å². The molecule has 0 aliphatic carbocycles. The zero-order chi connectivity index (χ0) is 17.5. The molecule has 2 aromatic carbocycles. The maximum absolute atomic E-state index is 12.2. The van der Waals surface area contributed by atoms with Gasteiger partial charge >= 0.3 is 0 Å². The minimum absolute atomic E-state index is 0.0225. The van der Waals surface area contributed by atoms with Crippen LogP contribution in [-0.2, 0) is 16.0 Å². The van der Waals surface area contributed by atoms with Crippen LogP contribution in [0.1, 0.15) is 18.1 Å². The molecule has 0 heterocycles. The normalized spacial score (nSPS) is 10.3. The molecule has 0 aliphatic heterocycles. The van der Waals surface area contributed by atoms with Crippen molar-refractivity contribution in [2.75, 3.05) is 18.0 Å². The number of anilines is 1. The molecule has 2 rings (SSSR count). The van der Waals surface area contributed by atoms with E-state index in [2.05, 4.69) is 5.32 Å². The highest BCUT2D eigenvalue weighted by Gasteiger charge is 2.18. The summed E-state index contributed by atoms with van der Waals surface area (Å²) < 4.78 is 0. The lowest BCUT2D eigenvalue weighted by molar-refractivity contribution is -0.123. The van der Waals surface area contributed by atoms with Gasteiger partial charge in [-0.3, -0.25) is 9.59 Å². The Hall–Kier alpha value is -2.33. The van der Waals surface area contributed by atoms with E-state index in [0.29, 0.717) is 17.3 Å². The molecule has 0 unspecified atom stereocenters. The van der Waals surface area contributed by atoms with Crippen LogP contribution in [0.5, 0.6) is 0 Å². The molecule has 0 bridgehead atoms. The van der Waals surface area contributed by atoms with Crippen molar-refractivity contribution >= 4 is 29.1 Å². The van der Waals surface area contributed by atoms with Gasteiger partial charge in [0, 0.05) is 24.2 Å². The van der Waals surface area contributed by atoms with Crippen molar-refractivity contribution in [1.29, 1.82) is 0 Å². The lowest BCUT2D eigenvalue weighted by Crippen LogP contribution is -2.40. The van der Waals surface area contributed by atoms with E-state index in [1.807, 2.05) is 37.3 Å². The second-order valence-corrected chi connectivity index (χ2v) is 5.98. The van der Waals surface area contributed by atoms with Crippen LogP contribution < -0.4 is 10.2 Å². The van der Waals surface area contributed by atoms with Gasteiger partial charge in [0.05, 0.1) is 0 Å². The van der Waals surface area contributed by atoms with Crippen LogP contribution in [0.2, 0.25) is 5.02 Å². The Bertz CT molecular complexity index is 717. The number of halogens is 1. The lowest BCUT2D eigenvalue weighted by atomic mass is 10.1. The second-order valence-electron chi connectivity index (χ2n) is 5.57. The first-order valence-corrected chi connectivity index (χ1v) is 8.20. The second kappa shape index (κ2) is 8.50. The molecule has 0 aliphatic rings. The van der Waals surface area contributed by atoms with Gasteiger partial charge in [0.25, 0.3) is 0 Å². The maximum Gasteiger partial charge on any atom is 0.240 e. The summed E-state index contributed by atoms with van der Waals surface area (Å²) >= 11 is 6.11. The zero-order valence-corrected chi connectivity index (χ0v) is 14.6. The first kappa shape index (κ1) is 18.0. The predicted molar refractivity (Wildman–Crippen MR) is 97.4 cm³/mol. The van der Waals surface area contributed by atoms with Gasteiger partial charge in [-0.25, -0.2) is 0 Å². The van der Waals surface area contributed by atoms with E-state index in [9.17, 15) is 9.59 Å². The molecular weight excluding hydrogens is 324 g/mol. The average molecular weight is 345 g/mol. The lowest BCUT2D eigenvalue weighted by Gasteiger charge is -2.23. The van der Waals surface area contributed by atoms with Gasteiger partial charge in [-0.2, -0.15) is 0 Å². The Morgan fingerprint density at radius 2 is 1.79 bits per heavy atom. The van der Waals surface area contributed by atoms with E-state index < -0.39 is 0 Å². The summed E-state index contributed by atoms with van der Waals surface area (Å²) in [4.78, 5) is 25.6. The Kier molecular flexibility index (Phi) is 6.38. The van der Waals surface area contributed by atoms with Crippen LogP contribution in [0.3, 0.4) is 0 Å². The van der Waals surface area contributed by atoms with Gasteiger partial charge in [-0.05, 0) is 36.6 Å². The Morgan fingerprint density at radius 1 is 1.08 bits per heavy atom. The number of benzene rings is 2. The van der Waals surface area contributed by atoms with Crippen LogP contribution in [0.25, 0.3) is 0 Å². The van der Waals surface area contributed by atoms with Crippen LogP contribution in [0, 0.1) is 6.92 Å². The molecule has 4 nitrogen and oxygen atoms in total. The van der Waals surface area contributed by atoms with E-state index in [1.165, 1.54) is 11.8 Å². The molecule has 126 valence electrons. The molecule has 2 amide bonds. The fraction of sp³-hybridized carbons (Fsp3) is 0.263. The molecule has 0 radical (unpaired) electrons. The SMILES string of the molecule is CC(=O)N(CC(=O)NCCc1ccccc1)c1cccc(Cl)c1C. The monoisotopic (exact) mass is 344 g/mol. The molecule has 24 heavy (non-hydrogen) atoms. The van der Waals surface area contributed by atoms with Crippen molar-refractivity contribution in [1.82, 2.24) is 5.32 Å². The fourth-order valence-electron chi connectivity index (χ4n) is 2.45. The summed E-state index contributed by atoms with van der Waals surface area (Å²) in [7, 11) is 0. The van der Waals surface area contributed by atoms with E-state index in [0.717, 1.165) is 17.5 Å². The minimum Gasteiger partial charge on any atom is -0.354 e. The Labute approximate surface area is 147 Å². The molecule has 0 aromatic heterocycles. The van der Waals surface area contributed by atoms with E-state index >= 15 is 0 Å². The van der Waals surface area contributed by atoms with Gasteiger partial charge in [0.15, 0.2) is 0 Å². The smallest absolute Gasteiger partial charge is 0.240 e. The predicted octanol–water partition coefficient (Wildman–Crippen LogP) is 3.36. The standard InChI is InChI=1S/C19H21ClN2O2/c1-14-17(20)9-6-10-18(14)22(15(2)23)13-19(24)21-12-11-16-7-4-3-5-8-16/h3-10H,11-13H2,1-2H3,(H,21,24). The van der Waals surface area contributed by atoms with Crippen molar-refractivity contribution in [2.24, 2.45) is 0 Å². The molecule has 1 N–H and O–H groups in total. The van der Waals surface area contributed by atoms with Gasteiger partial charge in [-0.1, -0.05) is 48.0 Å². The van der Waals surface area contributed by atoms with Gasteiger partial charge in [0.2, 0.25) is 11.8 Å². The minimum atomic E-state index is -0.196. The molecular formula is C19H21ClN2O2. The van der Waals surface area contributed by atoms with Crippen molar-refractivity contribution in [3.8, 4) is 0 Å². The molecule has 5 heteroatoms. The number of carbonyl (C=O) groups is 2. The zero-order valence-electron chi connectivity index (χ0n) is 13.9. The van der Waals surface area contributed by atoms with Crippen molar-refractivity contribution < 1.29 is 9.59 Å². The third-order valence-electron chi connectivity index (χ3n) is 3.79. The highest BCUT2D eigenvalue weighted by molar-refractivity contribution is 6.31. The molecule has 0 fully saturated rings. The van der Waals surface area contributed by atoms with Crippen molar-refractivity contribution in [3.63, 3.8) is 0 Å². The number of hydrogen-bond acceptors (Lipinski definition) is 2. The molecule has 0 spiro atoms. The third-order valence-corrected chi connectivity index (χ3v) is 4.20. The summed E-state index contributed by atoms with van der Waals surface area (Å²) in [5.74, 6) is -0.390. The summed E-state index contributed by atoms with van der Waals surface area (Å²) in [6.45, 7) is 3.78. The highest BCUT2D eigenvalue weighted by atomic mass is 35.5. The van der Waals surface area contributed by atoms with Crippen LogP contribution >= 0.6 is 11.6 Å². The highest BCUT2D eigenvalue weighted by Crippen LogP contribution is 2.26. The molecule has 2 aromatic rings. The molecule has 0 saturated carbocycles. The quantitative estimate of drug-likeness (QED) is 0.873. The van der Waals surface area contributed by atoms with Crippen LogP contribution in [0.15, 0.2) is 48.5 Å². The fourth-order valence-corrected chi connectivity index (χ4v) is 2.61. The van der Waals surface area contributed by atoms with Crippen molar-refractivity contribution in [3.05, 3.63) is 64.7 Å². The number of nitrogens with one attached hydrogen (secondary N) is 1. The Morgan fingerprint density at radius 3 is 2.46 bits per heavy atom. The van der Waals surface area contributed by atoms with Gasteiger partial charge in [0.1, 0.15) is 6.54 Å². The third kappa shape index (κ3) is 4.83. The number of rotatable bonds is 6. The number of amides is 2. The first-order chi connectivity index (χ1) is 11.5. The van der Waals surface area contributed by atoms with E-state index in [1.54, 1.807) is 18.2 Å². The van der Waals surface area contributed by atoms with Crippen LogP contribution in [-0.4, -0.2) is 24.9 Å². The summed E-state index contributed by atoms with van der Waals surface area (Å²) in [5, 5.41) is 3.43. The van der Waals surface area contributed by atoms with Crippen molar-refractivity contribution in [2.45, 2.75) is 20.3 Å². The topological polar surface area (TPSA) is 49.4 Å². The average Bonchev–Trinajstić information content (AvgIpc) is 2.56. The number of nitrogens with zero attached hydrogens (tertiary/aromatic N) is 1. The first-order valence-electron chi connectivity index (χ1n) is 7.83. The largest absolute Gasteiger partial charge is 0.354 e. The number of carbonyl (C=O) groups excluding carboxylic acids is 2. The summed E-state index contributed by atoms with van der Waals surface area (Å²) in [6, 6.07) is 15.3. The number of hydrogen-bond donors (Lipinski definition) is 1. The van der Waals surface area contributed by atoms with Crippen LogP contribution in [0.4, 0.5) is 5.69 Å². The van der Waals surface area contributed by atoms with E-state index in [-0.39, 0.29) is 18.4 Å². The Balaban J connectivity index is 1.96. The van der Waals surface area contributed by atoms with E-state index in [4.69, 9.17) is 11.6 Å². The summed E-state index contributed by atoms with van der Waals surface area (Å²) in [6.07, 6.45) is 0.753. The summed E-state index contributed by atoms with van der Waals surface area (Å²) in [5.41, 5.74) is 2.60. The molecule has 0 saturated heterocycles.